The van der Waals surface area contributed by atoms with Crippen molar-refractivity contribution in [2.24, 2.45) is 5.41 Å². The van der Waals surface area contributed by atoms with E-state index in [0.29, 0.717) is 0 Å². The van der Waals surface area contributed by atoms with Gasteiger partial charge in [0.25, 0.3) is 0 Å². The van der Waals surface area contributed by atoms with Gasteiger partial charge in [-0.2, -0.15) is 25.3 Å². The van der Waals surface area contributed by atoms with Gasteiger partial charge in [0.2, 0.25) is 0 Å². The van der Waals surface area contributed by atoms with E-state index in [4.69, 9.17) is 4.74 Å². The highest BCUT2D eigenvalue weighted by molar-refractivity contribution is 7.99. The van der Waals surface area contributed by atoms with Crippen LogP contribution in [0.1, 0.15) is 37.3 Å². The van der Waals surface area contributed by atoms with Gasteiger partial charge in [-0.25, -0.2) is 9.59 Å². The Bertz CT molecular complexity index is 868. The Morgan fingerprint density at radius 1 is 1.07 bits per heavy atom. The number of aliphatic carboxylic acids is 1. The Morgan fingerprint density at radius 2 is 1.59 bits per heavy atom. The van der Waals surface area contributed by atoms with Gasteiger partial charge in [-0.15, -0.1) is 0 Å². The summed E-state index contributed by atoms with van der Waals surface area (Å²) in [5.41, 5.74) is 3.98. The molecule has 0 unspecified atom stereocenters. The zero-order valence-corrected chi connectivity index (χ0v) is 18.1. The predicted molar refractivity (Wildman–Crippen MR) is 120 cm³/mol. The van der Waals surface area contributed by atoms with Gasteiger partial charge >= 0.3 is 12.1 Å². The van der Waals surface area contributed by atoms with E-state index in [0.717, 1.165) is 22.3 Å². The summed E-state index contributed by atoms with van der Waals surface area (Å²) in [5.74, 6) is -1.19. The second-order valence-corrected chi connectivity index (χ2v) is 9.37. The third kappa shape index (κ3) is 4.73. The largest absolute Gasteiger partial charge is 0.480 e. The topological polar surface area (TPSA) is 75.6 Å². The van der Waals surface area contributed by atoms with Crippen LogP contribution in [0.4, 0.5) is 4.79 Å². The number of carbonyl (C=O) groups is 2. The van der Waals surface area contributed by atoms with E-state index in [1.807, 2.05) is 50.2 Å². The number of rotatable bonds is 7. The Labute approximate surface area is 181 Å². The van der Waals surface area contributed by atoms with Gasteiger partial charge in [-0.3, -0.25) is 0 Å². The van der Waals surface area contributed by atoms with Crippen molar-refractivity contribution in [3.05, 3.63) is 59.7 Å². The summed E-state index contributed by atoms with van der Waals surface area (Å²) in [7, 11) is 0. The lowest BCUT2D eigenvalue weighted by molar-refractivity contribution is -0.140. The summed E-state index contributed by atoms with van der Waals surface area (Å²) in [4.78, 5) is 24.0. The highest BCUT2D eigenvalue weighted by atomic mass is 32.2. The maximum Gasteiger partial charge on any atom is 0.407 e. The van der Waals surface area contributed by atoms with Crippen molar-refractivity contribution in [3.8, 4) is 11.1 Å². The van der Waals surface area contributed by atoms with Crippen molar-refractivity contribution in [2.45, 2.75) is 36.8 Å². The fraction of sp³-hybridized carbons (Fsp3) is 0.364. The monoisotopic (exact) mass is 431 g/mol. The Balaban J connectivity index is 1.68. The number of ether oxygens (including phenoxy) is 1. The van der Waals surface area contributed by atoms with Crippen molar-refractivity contribution in [3.63, 3.8) is 0 Å². The molecule has 0 aromatic heterocycles. The minimum atomic E-state index is -1.12. The van der Waals surface area contributed by atoms with E-state index in [1.165, 1.54) is 0 Å². The number of nitrogens with one attached hydrogen (secondary N) is 1. The van der Waals surface area contributed by atoms with Crippen molar-refractivity contribution in [1.29, 1.82) is 0 Å². The lowest BCUT2D eigenvalue weighted by atomic mass is 9.87. The summed E-state index contributed by atoms with van der Waals surface area (Å²) in [6.07, 6.45) is -0.561. The van der Waals surface area contributed by atoms with Crippen molar-refractivity contribution < 1.29 is 19.4 Å². The standard InChI is InChI=1S/C22H25NO4S2/c1-22(2,20(28)29)11-18(19(24)25)23-21(26)27-12-17-15-9-5-3-7-13(15)14-8-4-6-10-16(14)17/h3-10,17-18,20,28-29H,11-12H2,1-2H3,(H,23,26)(H,24,25)/t18-/m1/s1. The third-order valence-electron chi connectivity index (χ3n) is 5.36. The number of carboxylic acid groups (broad SMARTS) is 1. The van der Waals surface area contributed by atoms with Crippen LogP contribution in [0.2, 0.25) is 0 Å². The number of hydrogen-bond acceptors (Lipinski definition) is 5. The maximum atomic E-state index is 12.4. The van der Waals surface area contributed by atoms with E-state index in [1.54, 1.807) is 0 Å². The van der Waals surface area contributed by atoms with Crippen LogP contribution in [-0.4, -0.2) is 34.4 Å². The van der Waals surface area contributed by atoms with Crippen LogP contribution >= 0.6 is 25.3 Å². The van der Waals surface area contributed by atoms with E-state index >= 15 is 0 Å². The van der Waals surface area contributed by atoms with Crippen LogP contribution in [0.3, 0.4) is 0 Å². The van der Waals surface area contributed by atoms with Crippen LogP contribution in [-0.2, 0) is 9.53 Å². The summed E-state index contributed by atoms with van der Waals surface area (Å²) >= 11 is 8.59. The Kier molecular flexibility index (Phi) is 6.49. The van der Waals surface area contributed by atoms with Gasteiger partial charge in [-0.05, 0) is 34.1 Å². The van der Waals surface area contributed by atoms with Gasteiger partial charge in [0, 0.05) is 10.5 Å². The molecule has 5 nitrogen and oxygen atoms in total. The lowest BCUT2D eigenvalue weighted by Crippen LogP contribution is -2.45. The van der Waals surface area contributed by atoms with E-state index < -0.39 is 23.5 Å². The predicted octanol–water partition coefficient (Wildman–Crippen LogP) is 4.58. The first-order valence-electron chi connectivity index (χ1n) is 9.41. The molecule has 0 fully saturated rings. The normalized spacial score (nSPS) is 14.2. The second kappa shape index (κ2) is 8.71. The molecule has 1 amide bonds. The van der Waals surface area contributed by atoms with Gasteiger partial charge < -0.3 is 15.2 Å². The fourth-order valence-corrected chi connectivity index (χ4v) is 3.82. The molecule has 154 valence electrons. The maximum absolute atomic E-state index is 12.4. The molecule has 0 heterocycles. The van der Waals surface area contributed by atoms with E-state index in [9.17, 15) is 14.7 Å². The van der Waals surface area contributed by atoms with Crippen molar-refractivity contribution in [1.82, 2.24) is 5.32 Å². The summed E-state index contributed by atoms with van der Waals surface area (Å²) in [5, 5.41) is 12.0. The number of amides is 1. The molecule has 0 radical (unpaired) electrons. The van der Waals surface area contributed by atoms with Crippen LogP contribution in [0.5, 0.6) is 0 Å². The molecule has 2 N–H and O–H groups in total. The second-order valence-electron chi connectivity index (χ2n) is 7.93. The quantitative estimate of drug-likeness (QED) is 0.382. The average Bonchev–Trinajstić information content (AvgIpc) is 2.99. The van der Waals surface area contributed by atoms with Crippen molar-refractivity contribution >= 4 is 37.3 Å². The third-order valence-corrected chi connectivity index (χ3v) is 6.76. The van der Waals surface area contributed by atoms with Crippen LogP contribution in [0.15, 0.2) is 48.5 Å². The molecule has 0 bridgehead atoms. The molecule has 3 rings (SSSR count). The smallest absolute Gasteiger partial charge is 0.407 e. The number of alkyl carbamates (subject to hydrolysis) is 1. The number of carbonyl (C=O) groups excluding carboxylic acids is 1. The molecule has 0 aliphatic heterocycles. The number of carboxylic acids is 1. The molecule has 29 heavy (non-hydrogen) atoms. The highest BCUT2D eigenvalue weighted by Gasteiger charge is 2.33. The number of hydrogen-bond donors (Lipinski definition) is 4. The summed E-state index contributed by atoms with van der Waals surface area (Å²) < 4.78 is 5.12. The molecule has 0 spiro atoms. The Hall–Kier alpha value is -2.12. The van der Waals surface area contributed by atoms with Crippen LogP contribution in [0, 0.1) is 5.41 Å². The molecule has 2 aromatic rings. The average molecular weight is 432 g/mol. The van der Waals surface area contributed by atoms with Crippen LogP contribution in [0.25, 0.3) is 11.1 Å². The van der Waals surface area contributed by atoms with Gasteiger partial charge in [-0.1, -0.05) is 62.4 Å². The summed E-state index contributed by atoms with van der Waals surface area (Å²) in [6, 6.07) is 15.0. The molecule has 1 aliphatic carbocycles. The zero-order valence-electron chi connectivity index (χ0n) is 16.3. The molecule has 0 saturated carbocycles. The highest BCUT2D eigenvalue weighted by Crippen LogP contribution is 2.44. The molecule has 0 saturated heterocycles. The van der Waals surface area contributed by atoms with Gasteiger partial charge in [0.15, 0.2) is 0 Å². The molecular weight excluding hydrogens is 406 g/mol. The van der Waals surface area contributed by atoms with Crippen molar-refractivity contribution in [2.75, 3.05) is 6.61 Å². The fourth-order valence-electron chi connectivity index (χ4n) is 3.61. The van der Waals surface area contributed by atoms with Gasteiger partial charge in [0.05, 0.1) is 0 Å². The lowest BCUT2D eigenvalue weighted by Gasteiger charge is -2.30. The number of benzene rings is 2. The van der Waals surface area contributed by atoms with E-state index in [-0.39, 0.29) is 23.5 Å². The minimum Gasteiger partial charge on any atom is -0.480 e. The molecular formula is C22H25NO4S2. The summed E-state index contributed by atoms with van der Waals surface area (Å²) in [6.45, 7) is 3.84. The molecule has 1 aliphatic rings. The molecule has 7 heteroatoms. The first-order valence-corrected chi connectivity index (χ1v) is 10.4. The first kappa shape index (κ1) is 21.6. The number of fused-ring (bicyclic) bond motifs is 3. The minimum absolute atomic E-state index is 0.0767. The van der Waals surface area contributed by atoms with E-state index in [2.05, 4.69) is 42.7 Å². The zero-order chi connectivity index (χ0) is 21.2. The van der Waals surface area contributed by atoms with Crippen LogP contribution < -0.4 is 5.32 Å². The first-order chi connectivity index (χ1) is 13.7. The molecule has 2 aromatic carbocycles. The SMILES string of the molecule is CC(C)(C[C@@H](NC(=O)OCC1c2ccccc2-c2ccccc21)C(=O)O)C(S)S. The van der Waals surface area contributed by atoms with Gasteiger partial charge in [0.1, 0.15) is 12.6 Å². The molecule has 1 atom stereocenters. The number of thiol groups is 2. The Morgan fingerprint density at radius 3 is 2.07 bits per heavy atom.